The number of carbonyl (C=O) groups excluding carboxylic acids is 1. The molecule has 0 atom stereocenters. The number of nitrogen functional groups attached to an aromatic ring is 1. The number of rotatable bonds is 1. The molecule has 0 fully saturated rings. The second kappa shape index (κ2) is 2.84. The molecule has 0 radical (unpaired) electrons. The number of anilines is 1. The van der Waals surface area contributed by atoms with Crippen LogP contribution in [0.15, 0.2) is 18.2 Å². The summed E-state index contributed by atoms with van der Waals surface area (Å²) in [4.78, 5) is 10.3. The third-order valence-corrected chi connectivity index (χ3v) is 1.34. The summed E-state index contributed by atoms with van der Waals surface area (Å²) in [5.41, 5.74) is 6.63. The van der Waals surface area contributed by atoms with Crippen molar-refractivity contribution in [1.82, 2.24) is 0 Å². The first-order valence-corrected chi connectivity index (χ1v) is 3.02. The van der Waals surface area contributed by atoms with Gasteiger partial charge in [0.15, 0.2) is 6.29 Å². The molecule has 11 heavy (non-hydrogen) atoms. The zero-order valence-corrected chi connectivity index (χ0v) is 5.74. The molecule has 0 spiro atoms. The number of aldehydes is 1. The predicted molar refractivity (Wildman–Crippen MR) is 41.0 cm³/mol. The van der Waals surface area contributed by atoms with E-state index in [1.54, 1.807) is 12.1 Å². The van der Waals surface area contributed by atoms with Gasteiger partial charge in [-0.15, -0.1) is 0 Å². The zero-order chi connectivity index (χ0) is 8.27. The molecule has 0 bridgehead atoms. The first-order valence-electron chi connectivity index (χ1n) is 3.02. The molecule has 54 valence electrons. The lowest BCUT2D eigenvalue weighted by atomic mass is 10.1. The number of hydrogen-bond donors (Lipinski definition) is 1. The largest absolute Gasteiger partial charge is 0.398 e. The summed E-state index contributed by atoms with van der Waals surface area (Å²) in [5, 5.41) is 8.44. The molecule has 1 rings (SSSR count). The molecule has 0 aliphatic carbocycles. The van der Waals surface area contributed by atoms with Crippen molar-refractivity contribution in [2.24, 2.45) is 0 Å². The van der Waals surface area contributed by atoms with Crippen molar-refractivity contribution in [1.29, 1.82) is 5.26 Å². The highest BCUT2D eigenvalue weighted by Gasteiger charge is 1.97. The van der Waals surface area contributed by atoms with Crippen LogP contribution in [0.2, 0.25) is 0 Å². The lowest BCUT2D eigenvalue weighted by Crippen LogP contribution is -1.92. The predicted octanol–water partition coefficient (Wildman–Crippen LogP) is 0.953. The van der Waals surface area contributed by atoms with Crippen LogP contribution in [0.4, 0.5) is 5.69 Å². The summed E-state index contributed by atoms with van der Waals surface area (Å²) < 4.78 is 0. The van der Waals surface area contributed by atoms with Gasteiger partial charge in [-0.25, -0.2) is 0 Å². The first kappa shape index (κ1) is 7.29. The number of carbonyl (C=O) groups is 1. The van der Waals surface area contributed by atoms with Crippen molar-refractivity contribution in [3.63, 3.8) is 0 Å². The standard InChI is InChI=1S/C8H6N2O/c9-4-6-1-2-8(10)7(3-6)5-11/h1-3,5H,10H2. The van der Waals surface area contributed by atoms with E-state index in [9.17, 15) is 4.79 Å². The molecule has 1 aromatic rings. The molecule has 2 N–H and O–H groups in total. The van der Waals surface area contributed by atoms with Gasteiger partial charge in [-0.2, -0.15) is 5.26 Å². The normalized spacial score (nSPS) is 8.64. The van der Waals surface area contributed by atoms with Gasteiger partial charge in [-0.1, -0.05) is 0 Å². The summed E-state index contributed by atoms with van der Waals surface area (Å²) in [7, 11) is 0. The Kier molecular flexibility index (Phi) is 1.88. The molecule has 0 aliphatic rings. The summed E-state index contributed by atoms with van der Waals surface area (Å²) in [6, 6.07) is 6.49. The van der Waals surface area contributed by atoms with Gasteiger partial charge in [0.2, 0.25) is 0 Å². The second-order valence-electron chi connectivity index (χ2n) is 2.07. The Hall–Kier alpha value is -1.82. The fourth-order valence-corrected chi connectivity index (χ4v) is 0.746. The monoisotopic (exact) mass is 146 g/mol. The van der Waals surface area contributed by atoms with Gasteiger partial charge < -0.3 is 5.73 Å². The Balaban J connectivity index is 3.25. The lowest BCUT2D eigenvalue weighted by molar-refractivity contribution is 0.112. The number of nitrogens with two attached hydrogens (primary N) is 1. The smallest absolute Gasteiger partial charge is 0.152 e. The maximum atomic E-state index is 10.3. The van der Waals surface area contributed by atoms with Crippen molar-refractivity contribution in [2.75, 3.05) is 5.73 Å². The van der Waals surface area contributed by atoms with E-state index in [0.29, 0.717) is 23.1 Å². The van der Waals surface area contributed by atoms with E-state index < -0.39 is 0 Å². The quantitative estimate of drug-likeness (QED) is 0.473. The Morgan fingerprint density at radius 1 is 1.55 bits per heavy atom. The maximum absolute atomic E-state index is 10.3. The van der Waals surface area contributed by atoms with Crippen LogP contribution in [-0.2, 0) is 0 Å². The van der Waals surface area contributed by atoms with Crippen molar-refractivity contribution < 1.29 is 4.79 Å². The van der Waals surface area contributed by atoms with Crippen molar-refractivity contribution in [2.45, 2.75) is 0 Å². The van der Waals surface area contributed by atoms with Crippen molar-refractivity contribution >= 4 is 12.0 Å². The summed E-state index contributed by atoms with van der Waals surface area (Å²) in [6.07, 6.45) is 0.635. The number of nitriles is 1. The first-order chi connectivity index (χ1) is 5.27. The van der Waals surface area contributed by atoms with Crippen LogP contribution in [0.1, 0.15) is 15.9 Å². The number of hydrogen-bond acceptors (Lipinski definition) is 3. The van der Waals surface area contributed by atoms with Gasteiger partial charge in [0, 0.05) is 11.3 Å². The molecular formula is C8H6N2O. The SMILES string of the molecule is N#Cc1ccc(N)c(C=O)c1. The molecule has 0 amide bonds. The fourth-order valence-electron chi connectivity index (χ4n) is 0.746. The van der Waals surface area contributed by atoms with Gasteiger partial charge in [0.25, 0.3) is 0 Å². The maximum Gasteiger partial charge on any atom is 0.152 e. The Labute approximate surface area is 64.1 Å². The van der Waals surface area contributed by atoms with Gasteiger partial charge in [-0.05, 0) is 18.2 Å². The Morgan fingerprint density at radius 3 is 2.82 bits per heavy atom. The molecule has 3 nitrogen and oxygen atoms in total. The van der Waals surface area contributed by atoms with E-state index in [2.05, 4.69) is 0 Å². The van der Waals surface area contributed by atoms with Crippen LogP contribution < -0.4 is 5.73 Å². The number of benzene rings is 1. The van der Waals surface area contributed by atoms with Crippen molar-refractivity contribution in [3.8, 4) is 6.07 Å². The minimum Gasteiger partial charge on any atom is -0.398 e. The van der Waals surface area contributed by atoms with E-state index in [1.807, 2.05) is 6.07 Å². The highest BCUT2D eigenvalue weighted by molar-refractivity contribution is 5.83. The molecule has 0 saturated carbocycles. The summed E-state index contributed by atoms with van der Waals surface area (Å²) in [5.74, 6) is 0. The fraction of sp³-hybridized carbons (Fsp3) is 0. The van der Waals surface area contributed by atoms with Crippen LogP contribution in [0, 0.1) is 11.3 Å². The molecule has 0 unspecified atom stereocenters. The average Bonchev–Trinajstić information content (AvgIpc) is 2.05. The minimum absolute atomic E-state index is 0.365. The topological polar surface area (TPSA) is 66.9 Å². The molecule has 0 aromatic heterocycles. The van der Waals surface area contributed by atoms with E-state index in [4.69, 9.17) is 11.0 Å². The highest BCUT2D eigenvalue weighted by Crippen LogP contribution is 2.10. The highest BCUT2D eigenvalue weighted by atomic mass is 16.1. The summed E-state index contributed by atoms with van der Waals surface area (Å²) >= 11 is 0. The minimum atomic E-state index is 0.365. The van der Waals surface area contributed by atoms with Gasteiger partial charge >= 0.3 is 0 Å². The molecule has 0 saturated heterocycles. The third-order valence-electron chi connectivity index (χ3n) is 1.34. The Morgan fingerprint density at radius 2 is 2.27 bits per heavy atom. The van der Waals surface area contributed by atoms with Gasteiger partial charge in [0.1, 0.15) is 0 Å². The average molecular weight is 146 g/mol. The molecule has 0 aliphatic heterocycles. The third kappa shape index (κ3) is 1.36. The zero-order valence-electron chi connectivity index (χ0n) is 5.74. The molecule has 1 aromatic carbocycles. The van der Waals surface area contributed by atoms with Crippen LogP contribution in [0.25, 0.3) is 0 Å². The van der Waals surface area contributed by atoms with Crippen LogP contribution in [0.5, 0.6) is 0 Å². The van der Waals surface area contributed by atoms with Crippen molar-refractivity contribution in [3.05, 3.63) is 29.3 Å². The number of nitrogens with zero attached hydrogens (tertiary/aromatic N) is 1. The van der Waals surface area contributed by atoms with Gasteiger partial charge in [0.05, 0.1) is 11.6 Å². The van der Waals surface area contributed by atoms with E-state index in [1.165, 1.54) is 6.07 Å². The van der Waals surface area contributed by atoms with Crippen LogP contribution >= 0.6 is 0 Å². The van der Waals surface area contributed by atoms with Crippen LogP contribution in [-0.4, -0.2) is 6.29 Å². The Bertz CT molecular complexity index is 325. The van der Waals surface area contributed by atoms with E-state index >= 15 is 0 Å². The molecule has 0 heterocycles. The van der Waals surface area contributed by atoms with E-state index in [-0.39, 0.29) is 0 Å². The summed E-state index contributed by atoms with van der Waals surface area (Å²) in [6.45, 7) is 0. The molecule has 3 heteroatoms. The molecular weight excluding hydrogens is 140 g/mol. The van der Waals surface area contributed by atoms with Crippen LogP contribution in [0.3, 0.4) is 0 Å². The second-order valence-corrected chi connectivity index (χ2v) is 2.07. The van der Waals surface area contributed by atoms with Gasteiger partial charge in [-0.3, -0.25) is 4.79 Å². The van der Waals surface area contributed by atoms with E-state index in [0.717, 1.165) is 0 Å². The lowest BCUT2D eigenvalue weighted by Gasteiger charge is -1.96.